The predicted octanol–water partition coefficient (Wildman–Crippen LogP) is 2.78. The average molecular weight is 554 g/mol. The molecule has 1 aromatic heterocycles. The Labute approximate surface area is 197 Å². The molecule has 1 aliphatic carbocycles. The Kier molecular flexibility index (Phi) is 9.86. The van der Waals surface area contributed by atoms with E-state index in [9.17, 15) is 8.42 Å². The molecule has 1 saturated heterocycles. The molecule has 2 aliphatic rings. The predicted molar refractivity (Wildman–Crippen MR) is 129 cm³/mol. The summed E-state index contributed by atoms with van der Waals surface area (Å²) in [4.78, 5) is 6.58. The third-order valence-electron chi connectivity index (χ3n) is 6.35. The van der Waals surface area contributed by atoms with Crippen molar-refractivity contribution in [2.45, 2.75) is 45.3 Å². The molecule has 3 rings (SSSR count). The molecule has 0 amide bonds. The summed E-state index contributed by atoms with van der Waals surface area (Å²) >= 11 is 0. The second-order valence-corrected chi connectivity index (χ2v) is 10.6. The monoisotopic (exact) mass is 553 g/mol. The minimum atomic E-state index is -3.38. The molecule has 1 aromatic rings. The zero-order chi connectivity index (χ0) is 20.9. The number of rotatable bonds is 6. The van der Waals surface area contributed by atoms with Gasteiger partial charge in [-0.25, -0.2) is 8.42 Å². The Bertz CT molecular complexity index is 753. The first-order valence-corrected chi connectivity index (χ1v) is 12.3. The Balaban J connectivity index is 0.00000320. The molecule has 30 heavy (non-hydrogen) atoms. The van der Waals surface area contributed by atoms with Crippen LogP contribution < -0.4 is 5.32 Å². The molecular formula is C20H36IN5O3S. The molecule has 0 atom stereocenters. The number of hydrogen-bond acceptors (Lipinski definition) is 5. The Morgan fingerprint density at radius 3 is 2.43 bits per heavy atom. The van der Waals surface area contributed by atoms with Crippen molar-refractivity contribution in [3.8, 4) is 0 Å². The van der Waals surface area contributed by atoms with Crippen LogP contribution >= 0.6 is 24.0 Å². The highest BCUT2D eigenvalue weighted by Crippen LogP contribution is 2.32. The quantitative estimate of drug-likeness (QED) is 0.331. The van der Waals surface area contributed by atoms with Gasteiger partial charge in [0.1, 0.15) is 12.0 Å². The van der Waals surface area contributed by atoms with Gasteiger partial charge in [-0.2, -0.15) is 4.31 Å². The van der Waals surface area contributed by atoms with Crippen molar-refractivity contribution < 1.29 is 12.9 Å². The van der Waals surface area contributed by atoms with Crippen LogP contribution in [0.4, 0.5) is 0 Å². The minimum absolute atomic E-state index is 0. The molecule has 2 heterocycles. The lowest BCUT2D eigenvalue weighted by molar-refractivity contribution is 0.221. The molecule has 172 valence electrons. The van der Waals surface area contributed by atoms with Crippen molar-refractivity contribution >= 4 is 40.0 Å². The van der Waals surface area contributed by atoms with Gasteiger partial charge in [-0.05, 0) is 43.4 Å². The first kappa shape index (κ1) is 25.4. The summed E-state index contributed by atoms with van der Waals surface area (Å²) in [6.45, 7) is 7.80. The number of sulfonamides is 1. The fourth-order valence-corrected chi connectivity index (χ4v) is 5.82. The molecule has 1 aliphatic heterocycles. The summed E-state index contributed by atoms with van der Waals surface area (Å²) in [5.41, 5.74) is 0.442. The fraction of sp³-hybridized carbons (Fsp3) is 0.800. The van der Waals surface area contributed by atoms with Gasteiger partial charge in [0.15, 0.2) is 5.96 Å². The topological polar surface area (TPSA) is 91.0 Å². The number of aromatic nitrogens is 1. The van der Waals surface area contributed by atoms with Gasteiger partial charge >= 0.3 is 0 Å². The van der Waals surface area contributed by atoms with E-state index in [0.717, 1.165) is 24.3 Å². The molecule has 0 unspecified atom stereocenters. The number of aliphatic imine (C=N–C) groups is 1. The second-order valence-electron chi connectivity index (χ2n) is 8.59. The molecule has 0 radical (unpaired) electrons. The summed E-state index contributed by atoms with van der Waals surface area (Å²) in [5.74, 6) is 3.12. The highest BCUT2D eigenvalue weighted by Gasteiger charge is 2.29. The fourth-order valence-electron chi connectivity index (χ4n) is 4.40. The van der Waals surface area contributed by atoms with Crippen LogP contribution in [0.15, 0.2) is 21.8 Å². The van der Waals surface area contributed by atoms with Gasteiger partial charge in [0.25, 0.3) is 0 Å². The Morgan fingerprint density at radius 2 is 1.90 bits per heavy atom. The average Bonchev–Trinajstić information content (AvgIpc) is 3.21. The van der Waals surface area contributed by atoms with Crippen molar-refractivity contribution in [3.05, 3.63) is 18.0 Å². The maximum absolute atomic E-state index is 12.6. The van der Waals surface area contributed by atoms with E-state index in [1.54, 1.807) is 17.4 Å². The number of nitrogens with zero attached hydrogens (tertiary/aromatic N) is 4. The van der Waals surface area contributed by atoms with Crippen molar-refractivity contribution in [1.29, 1.82) is 0 Å². The van der Waals surface area contributed by atoms with Crippen LogP contribution in [-0.4, -0.2) is 68.5 Å². The van der Waals surface area contributed by atoms with Gasteiger partial charge in [-0.3, -0.25) is 4.99 Å². The van der Waals surface area contributed by atoms with Crippen molar-refractivity contribution in [2.24, 2.45) is 22.7 Å². The van der Waals surface area contributed by atoms with Crippen LogP contribution in [0.5, 0.6) is 0 Å². The van der Waals surface area contributed by atoms with Gasteiger partial charge in [0.2, 0.25) is 10.0 Å². The number of halogens is 1. The normalized spacial score (nSPS) is 24.0. The lowest BCUT2D eigenvalue weighted by Crippen LogP contribution is -2.54. The van der Waals surface area contributed by atoms with Crippen molar-refractivity contribution in [3.63, 3.8) is 0 Å². The SMILES string of the molecule is CN=C(NCC1CCC(C(C)C)CC1)N1CCN(S(=O)(=O)Cc2ccon2)CC1.I. The number of nitrogens with one attached hydrogen (secondary N) is 1. The van der Waals surface area contributed by atoms with Crippen LogP contribution in [0.25, 0.3) is 0 Å². The molecule has 2 fully saturated rings. The number of hydrogen-bond donors (Lipinski definition) is 1. The van der Waals surface area contributed by atoms with Crippen LogP contribution in [0.3, 0.4) is 0 Å². The van der Waals surface area contributed by atoms with E-state index < -0.39 is 10.0 Å². The third kappa shape index (κ3) is 6.81. The number of piperazine rings is 1. The largest absolute Gasteiger partial charge is 0.364 e. The lowest BCUT2D eigenvalue weighted by Gasteiger charge is -2.36. The van der Waals surface area contributed by atoms with E-state index in [4.69, 9.17) is 4.52 Å². The smallest absolute Gasteiger partial charge is 0.220 e. The van der Waals surface area contributed by atoms with Gasteiger partial charge in [0.05, 0.1) is 5.69 Å². The molecule has 8 nitrogen and oxygen atoms in total. The first-order valence-electron chi connectivity index (χ1n) is 10.7. The van der Waals surface area contributed by atoms with E-state index in [1.807, 2.05) is 0 Å². The lowest BCUT2D eigenvalue weighted by atomic mass is 9.77. The zero-order valence-electron chi connectivity index (χ0n) is 18.3. The maximum Gasteiger partial charge on any atom is 0.220 e. The van der Waals surface area contributed by atoms with Gasteiger partial charge in [0, 0.05) is 45.8 Å². The Hall–Kier alpha value is -0.880. The van der Waals surface area contributed by atoms with E-state index in [2.05, 4.69) is 34.2 Å². The van der Waals surface area contributed by atoms with E-state index in [-0.39, 0.29) is 29.7 Å². The summed E-state index contributed by atoms with van der Waals surface area (Å²) < 4.78 is 31.5. The van der Waals surface area contributed by atoms with Crippen molar-refractivity contribution in [2.75, 3.05) is 39.8 Å². The maximum atomic E-state index is 12.6. The molecule has 0 aromatic carbocycles. The molecular weight excluding hydrogens is 517 g/mol. The second kappa shape index (κ2) is 11.7. The van der Waals surface area contributed by atoms with Gasteiger partial charge in [-0.15, -0.1) is 24.0 Å². The first-order chi connectivity index (χ1) is 13.9. The molecule has 10 heteroatoms. The zero-order valence-corrected chi connectivity index (χ0v) is 21.4. The highest BCUT2D eigenvalue weighted by molar-refractivity contribution is 14.0. The molecule has 0 spiro atoms. The summed E-state index contributed by atoms with van der Waals surface area (Å²) in [6, 6.07) is 1.59. The standard InChI is InChI=1S/C20H35N5O3S.HI/c1-16(2)18-6-4-17(5-7-18)14-22-20(21-3)24-9-11-25(12-10-24)29(26,27)15-19-8-13-28-23-19;/h8,13,16-18H,4-7,9-12,14-15H2,1-3H3,(H,21,22);1H. The highest BCUT2D eigenvalue weighted by atomic mass is 127. The number of guanidine groups is 1. The van der Waals surface area contributed by atoms with Crippen LogP contribution in [0.2, 0.25) is 0 Å². The van der Waals surface area contributed by atoms with E-state index >= 15 is 0 Å². The van der Waals surface area contributed by atoms with Crippen LogP contribution in [-0.2, 0) is 15.8 Å². The van der Waals surface area contributed by atoms with Crippen LogP contribution in [0, 0.1) is 17.8 Å². The van der Waals surface area contributed by atoms with E-state index in [1.165, 1.54) is 31.9 Å². The molecule has 1 saturated carbocycles. The van der Waals surface area contributed by atoms with E-state index in [0.29, 0.717) is 37.8 Å². The van der Waals surface area contributed by atoms with Gasteiger partial charge < -0.3 is 14.7 Å². The summed E-state index contributed by atoms with van der Waals surface area (Å²) in [6.07, 6.45) is 6.60. The minimum Gasteiger partial charge on any atom is -0.364 e. The Morgan fingerprint density at radius 1 is 1.23 bits per heavy atom. The summed E-state index contributed by atoms with van der Waals surface area (Å²) in [5, 5.41) is 7.24. The summed E-state index contributed by atoms with van der Waals surface area (Å²) in [7, 11) is -1.58. The molecule has 1 N–H and O–H groups in total. The molecule has 0 bridgehead atoms. The van der Waals surface area contributed by atoms with Crippen molar-refractivity contribution in [1.82, 2.24) is 19.7 Å². The third-order valence-corrected chi connectivity index (χ3v) is 8.16. The van der Waals surface area contributed by atoms with Gasteiger partial charge in [-0.1, -0.05) is 19.0 Å². The van der Waals surface area contributed by atoms with Crippen LogP contribution in [0.1, 0.15) is 45.2 Å².